The lowest BCUT2D eigenvalue weighted by atomic mass is 10.2. The van der Waals surface area contributed by atoms with Gasteiger partial charge in [-0.2, -0.15) is 4.98 Å². The highest BCUT2D eigenvalue weighted by molar-refractivity contribution is 5.91. The van der Waals surface area contributed by atoms with E-state index in [1.54, 1.807) is 24.3 Å². The minimum atomic E-state index is -1.11. The zero-order valence-electron chi connectivity index (χ0n) is 11.0. The largest absolute Gasteiger partial charge is 0.497 e. The highest BCUT2D eigenvalue weighted by Gasteiger charge is 2.14. The van der Waals surface area contributed by atoms with Crippen LogP contribution >= 0.6 is 0 Å². The molecule has 0 aliphatic heterocycles. The topological polar surface area (TPSA) is 77.9 Å². The van der Waals surface area contributed by atoms with Crippen molar-refractivity contribution in [2.45, 2.75) is 0 Å². The molecular weight excluding hydrogens is 262 g/mol. The SMILES string of the molecule is COc1ccc(Oc2cccc(OC)n2)c(C(=O)O)c1. The Morgan fingerprint density at radius 1 is 1.10 bits per heavy atom. The number of aromatic carboxylic acids is 1. The summed E-state index contributed by atoms with van der Waals surface area (Å²) in [5.41, 5.74) is -0.00558. The average Bonchev–Trinajstić information content (AvgIpc) is 2.47. The number of rotatable bonds is 5. The second kappa shape index (κ2) is 5.92. The predicted octanol–water partition coefficient (Wildman–Crippen LogP) is 2.59. The van der Waals surface area contributed by atoms with Crippen molar-refractivity contribution in [2.24, 2.45) is 0 Å². The number of carboxylic acids is 1. The van der Waals surface area contributed by atoms with Crippen LogP contribution in [-0.2, 0) is 0 Å². The van der Waals surface area contributed by atoms with E-state index in [4.69, 9.17) is 14.2 Å². The molecule has 2 aromatic rings. The summed E-state index contributed by atoms with van der Waals surface area (Å²) in [6.45, 7) is 0. The van der Waals surface area contributed by atoms with Gasteiger partial charge in [0.25, 0.3) is 0 Å². The molecule has 0 bridgehead atoms. The predicted molar refractivity (Wildman–Crippen MR) is 70.8 cm³/mol. The van der Waals surface area contributed by atoms with Crippen LogP contribution in [0.5, 0.6) is 23.3 Å². The van der Waals surface area contributed by atoms with Crippen LogP contribution in [0, 0.1) is 0 Å². The number of pyridine rings is 1. The first-order valence-corrected chi connectivity index (χ1v) is 5.74. The fourth-order valence-corrected chi connectivity index (χ4v) is 1.57. The summed E-state index contributed by atoms with van der Waals surface area (Å²) in [6.07, 6.45) is 0. The lowest BCUT2D eigenvalue weighted by molar-refractivity contribution is 0.0693. The van der Waals surface area contributed by atoms with E-state index in [0.29, 0.717) is 11.6 Å². The minimum absolute atomic E-state index is 0.00558. The van der Waals surface area contributed by atoms with E-state index >= 15 is 0 Å². The van der Waals surface area contributed by atoms with Gasteiger partial charge in [-0.3, -0.25) is 0 Å². The monoisotopic (exact) mass is 275 g/mol. The lowest BCUT2D eigenvalue weighted by Gasteiger charge is -2.10. The van der Waals surface area contributed by atoms with Crippen molar-refractivity contribution in [2.75, 3.05) is 14.2 Å². The second-order valence-electron chi connectivity index (χ2n) is 3.79. The highest BCUT2D eigenvalue weighted by Crippen LogP contribution is 2.28. The molecule has 0 spiro atoms. The van der Waals surface area contributed by atoms with E-state index in [0.717, 1.165) is 0 Å². The highest BCUT2D eigenvalue weighted by atomic mass is 16.5. The van der Waals surface area contributed by atoms with Gasteiger partial charge in [0.15, 0.2) is 0 Å². The summed E-state index contributed by atoms with van der Waals surface area (Å²) in [5.74, 6) is 0.138. The molecule has 1 aromatic carbocycles. The van der Waals surface area contributed by atoms with Gasteiger partial charge in [0.05, 0.1) is 14.2 Å². The Balaban J connectivity index is 2.34. The van der Waals surface area contributed by atoms with E-state index < -0.39 is 5.97 Å². The smallest absolute Gasteiger partial charge is 0.339 e. The Hall–Kier alpha value is -2.76. The molecular formula is C14H13NO5. The molecule has 0 unspecified atom stereocenters. The van der Waals surface area contributed by atoms with Gasteiger partial charge in [0.1, 0.15) is 17.1 Å². The first-order valence-electron chi connectivity index (χ1n) is 5.74. The van der Waals surface area contributed by atoms with Gasteiger partial charge < -0.3 is 19.3 Å². The summed E-state index contributed by atoms with van der Waals surface area (Å²) in [7, 11) is 2.95. The van der Waals surface area contributed by atoms with Crippen LogP contribution in [-0.4, -0.2) is 30.3 Å². The van der Waals surface area contributed by atoms with E-state index in [2.05, 4.69) is 4.98 Å². The second-order valence-corrected chi connectivity index (χ2v) is 3.79. The van der Waals surface area contributed by atoms with E-state index in [1.165, 1.54) is 26.4 Å². The third-order valence-corrected chi connectivity index (χ3v) is 2.54. The zero-order valence-corrected chi connectivity index (χ0v) is 11.0. The number of methoxy groups -OCH3 is 2. The average molecular weight is 275 g/mol. The fourth-order valence-electron chi connectivity index (χ4n) is 1.57. The number of nitrogens with zero attached hydrogens (tertiary/aromatic N) is 1. The van der Waals surface area contributed by atoms with Gasteiger partial charge in [-0.15, -0.1) is 0 Å². The van der Waals surface area contributed by atoms with Crippen molar-refractivity contribution in [3.05, 3.63) is 42.0 Å². The van der Waals surface area contributed by atoms with Crippen LogP contribution < -0.4 is 14.2 Å². The summed E-state index contributed by atoms with van der Waals surface area (Å²) >= 11 is 0. The van der Waals surface area contributed by atoms with Crippen LogP contribution in [0.2, 0.25) is 0 Å². The zero-order chi connectivity index (χ0) is 14.5. The number of aromatic nitrogens is 1. The van der Waals surface area contributed by atoms with Crippen molar-refractivity contribution in [1.82, 2.24) is 4.98 Å². The molecule has 20 heavy (non-hydrogen) atoms. The molecule has 0 atom stereocenters. The molecule has 6 nitrogen and oxygen atoms in total. The van der Waals surface area contributed by atoms with Crippen LogP contribution in [0.25, 0.3) is 0 Å². The fraction of sp³-hybridized carbons (Fsp3) is 0.143. The van der Waals surface area contributed by atoms with Gasteiger partial charge in [-0.25, -0.2) is 4.79 Å². The Morgan fingerprint density at radius 2 is 1.85 bits per heavy atom. The molecule has 0 amide bonds. The minimum Gasteiger partial charge on any atom is -0.497 e. The first kappa shape index (κ1) is 13.7. The van der Waals surface area contributed by atoms with Crippen molar-refractivity contribution in [3.8, 4) is 23.3 Å². The Morgan fingerprint density at radius 3 is 2.50 bits per heavy atom. The maximum absolute atomic E-state index is 11.2. The number of ether oxygens (including phenoxy) is 3. The van der Waals surface area contributed by atoms with Crippen molar-refractivity contribution < 1.29 is 24.1 Å². The van der Waals surface area contributed by atoms with E-state index in [-0.39, 0.29) is 17.2 Å². The van der Waals surface area contributed by atoms with Crippen LogP contribution in [0.4, 0.5) is 0 Å². The standard InChI is InChI=1S/C14H13NO5/c1-18-9-6-7-11(10(8-9)14(16)17)20-13-5-3-4-12(15-13)19-2/h3-8H,1-2H3,(H,16,17). The Labute approximate surface area is 115 Å². The maximum atomic E-state index is 11.2. The quantitative estimate of drug-likeness (QED) is 0.903. The molecule has 2 rings (SSSR count). The normalized spacial score (nSPS) is 9.90. The van der Waals surface area contributed by atoms with Crippen LogP contribution in [0.3, 0.4) is 0 Å². The van der Waals surface area contributed by atoms with Gasteiger partial charge >= 0.3 is 5.97 Å². The van der Waals surface area contributed by atoms with Gasteiger partial charge in [-0.1, -0.05) is 6.07 Å². The summed E-state index contributed by atoms with van der Waals surface area (Å²) < 4.78 is 15.5. The van der Waals surface area contributed by atoms with Crippen LogP contribution in [0.15, 0.2) is 36.4 Å². The molecule has 0 fully saturated rings. The third kappa shape index (κ3) is 2.97. The summed E-state index contributed by atoms with van der Waals surface area (Å²) in [5, 5.41) is 9.18. The number of hydrogen-bond acceptors (Lipinski definition) is 5. The maximum Gasteiger partial charge on any atom is 0.339 e. The number of benzene rings is 1. The first-order chi connectivity index (χ1) is 9.63. The molecule has 0 saturated carbocycles. The molecule has 1 aromatic heterocycles. The van der Waals surface area contributed by atoms with Crippen molar-refractivity contribution in [1.29, 1.82) is 0 Å². The van der Waals surface area contributed by atoms with Crippen molar-refractivity contribution in [3.63, 3.8) is 0 Å². The molecule has 1 N–H and O–H groups in total. The van der Waals surface area contributed by atoms with Gasteiger partial charge in [0.2, 0.25) is 11.8 Å². The summed E-state index contributed by atoms with van der Waals surface area (Å²) in [4.78, 5) is 15.3. The van der Waals surface area contributed by atoms with Crippen LogP contribution in [0.1, 0.15) is 10.4 Å². The molecule has 0 aliphatic carbocycles. The molecule has 1 heterocycles. The van der Waals surface area contributed by atoms with Crippen molar-refractivity contribution >= 4 is 5.97 Å². The molecule has 0 radical (unpaired) electrons. The van der Waals surface area contributed by atoms with E-state index in [9.17, 15) is 9.90 Å². The number of hydrogen-bond donors (Lipinski definition) is 1. The lowest BCUT2D eigenvalue weighted by Crippen LogP contribution is -2.01. The van der Waals surface area contributed by atoms with Gasteiger partial charge in [0, 0.05) is 12.1 Å². The Kier molecular flexibility index (Phi) is 4.05. The number of carboxylic acid groups (broad SMARTS) is 1. The number of carbonyl (C=O) groups is 1. The van der Waals surface area contributed by atoms with E-state index in [1.807, 2.05) is 0 Å². The molecule has 0 aliphatic rings. The summed E-state index contributed by atoms with van der Waals surface area (Å²) in [6, 6.07) is 9.49. The third-order valence-electron chi connectivity index (χ3n) is 2.54. The molecule has 6 heteroatoms. The molecule has 104 valence electrons. The Bertz CT molecular complexity index is 627. The van der Waals surface area contributed by atoms with Gasteiger partial charge in [-0.05, 0) is 18.2 Å². The molecule has 0 saturated heterocycles.